The molecule has 4 nitrogen and oxygen atoms in total. The van der Waals surface area contributed by atoms with Crippen LogP contribution in [0.5, 0.6) is 0 Å². The number of aromatic nitrogens is 2. The topological polar surface area (TPSA) is 36.1 Å². The van der Waals surface area contributed by atoms with Crippen molar-refractivity contribution < 1.29 is 8.83 Å². The van der Waals surface area contributed by atoms with E-state index >= 15 is 0 Å². The summed E-state index contributed by atoms with van der Waals surface area (Å²) in [5.41, 5.74) is 13.3. The number of fused-ring (bicyclic) bond motifs is 12. The van der Waals surface area contributed by atoms with Crippen LogP contribution in [0.15, 0.2) is 161 Å². The summed E-state index contributed by atoms with van der Waals surface area (Å²) >= 11 is 0. The molecule has 4 heteroatoms. The van der Waals surface area contributed by atoms with Gasteiger partial charge in [-0.05, 0) is 90.7 Å². The highest BCUT2D eigenvalue weighted by molar-refractivity contribution is 6.18. The number of hydrogen-bond acceptors (Lipinski definition) is 2. The smallest absolute Gasteiger partial charge is 0.137 e. The summed E-state index contributed by atoms with van der Waals surface area (Å²) in [4.78, 5) is 0. The van der Waals surface area contributed by atoms with Crippen molar-refractivity contribution in [3.63, 3.8) is 0 Å². The Morgan fingerprint density at radius 2 is 1.02 bits per heavy atom. The maximum Gasteiger partial charge on any atom is 0.137 e. The fraction of sp³-hybridized carbons (Fsp3) is 0.0417. The van der Waals surface area contributed by atoms with Gasteiger partial charge in [0, 0.05) is 66.8 Å². The minimum atomic E-state index is 0.901. The number of rotatable bonds is 3. The molecule has 0 unspecified atom stereocenters. The highest BCUT2D eigenvalue weighted by Crippen LogP contribution is 2.42. The van der Waals surface area contributed by atoms with Crippen molar-refractivity contribution in [1.29, 1.82) is 0 Å². The Morgan fingerprint density at radius 1 is 0.404 bits per heavy atom. The molecule has 0 spiro atoms. The van der Waals surface area contributed by atoms with Crippen LogP contribution in [0.4, 0.5) is 0 Å². The third-order valence-corrected chi connectivity index (χ3v) is 11.2. The Balaban J connectivity index is 1.12. The first kappa shape index (κ1) is 28.0. The third-order valence-electron chi connectivity index (χ3n) is 11.2. The van der Waals surface area contributed by atoms with Gasteiger partial charge < -0.3 is 18.0 Å². The van der Waals surface area contributed by atoms with Gasteiger partial charge >= 0.3 is 0 Å². The van der Waals surface area contributed by atoms with Gasteiger partial charge in [0.15, 0.2) is 0 Å². The number of benzene rings is 7. The lowest BCUT2D eigenvalue weighted by Gasteiger charge is -2.10. The molecule has 0 atom stereocenters. The van der Waals surface area contributed by atoms with Gasteiger partial charge in [-0.25, -0.2) is 0 Å². The Kier molecular flexibility index (Phi) is 5.58. The normalized spacial score (nSPS) is 13.2. The number of allylic oxidation sites excluding steroid dienone is 1. The van der Waals surface area contributed by atoms with Crippen LogP contribution in [-0.4, -0.2) is 9.13 Å². The molecule has 244 valence electrons. The first-order valence-electron chi connectivity index (χ1n) is 18.0. The number of aryl methyl sites for hydroxylation is 1. The Hall–Kier alpha value is -6.78. The van der Waals surface area contributed by atoms with Gasteiger partial charge in [0.25, 0.3) is 0 Å². The Labute approximate surface area is 298 Å². The molecule has 1 aliphatic carbocycles. The second kappa shape index (κ2) is 10.4. The molecular formula is C48H30N2O2. The van der Waals surface area contributed by atoms with Crippen molar-refractivity contribution in [3.05, 3.63) is 163 Å². The van der Waals surface area contributed by atoms with Crippen molar-refractivity contribution in [3.8, 4) is 22.5 Å². The molecule has 0 saturated carbocycles. The summed E-state index contributed by atoms with van der Waals surface area (Å²) in [6.07, 6.45) is 6.39. The lowest BCUT2D eigenvalue weighted by Crippen LogP contribution is -1.94. The summed E-state index contributed by atoms with van der Waals surface area (Å²) in [6.45, 7) is 0. The zero-order chi connectivity index (χ0) is 33.9. The van der Waals surface area contributed by atoms with E-state index in [2.05, 4.69) is 155 Å². The summed E-state index contributed by atoms with van der Waals surface area (Å²) in [5.74, 6) is 0.994. The Bertz CT molecular complexity index is 3280. The quantitative estimate of drug-likeness (QED) is 0.188. The molecule has 7 aromatic carbocycles. The molecule has 0 aliphatic heterocycles. The second-order valence-corrected chi connectivity index (χ2v) is 14.0. The summed E-state index contributed by atoms with van der Waals surface area (Å²) in [7, 11) is 0. The van der Waals surface area contributed by atoms with Crippen molar-refractivity contribution in [2.45, 2.75) is 12.8 Å². The van der Waals surface area contributed by atoms with Crippen molar-refractivity contribution >= 4 is 82.6 Å². The van der Waals surface area contributed by atoms with Crippen LogP contribution in [0.2, 0.25) is 0 Å². The molecule has 4 aromatic heterocycles. The van der Waals surface area contributed by atoms with Gasteiger partial charge in [0.2, 0.25) is 0 Å². The van der Waals surface area contributed by atoms with E-state index in [4.69, 9.17) is 8.83 Å². The lowest BCUT2D eigenvalue weighted by atomic mass is 9.98. The fourth-order valence-corrected chi connectivity index (χ4v) is 8.80. The van der Waals surface area contributed by atoms with E-state index < -0.39 is 0 Å². The molecular weight excluding hydrogens is 637 g/mol. The second-order valence-electron chi connectivity index (χ2n) is 14.0. The van der Waals surface area contributed by atoms with Crippen LogP contribution in [0.25, 0.3) is 105 Å². The maximum absolute atomic E-state index is 6.42. The molecule has 0 radical (unpaired) electrons. The fourth-order valence-electron chi connectivity index (χ4n) is 8.80. The number of para-hydroxylation sites is 3. The molecule has 0 N–H and O–H groups in total. The maximum atomic E-state index is 6.42. The lowest BCUT2D eigenvalue weighted by molar-refractivity contribution is 0.595. The number of nitrogens with zero attached hydrogens (tertiary/aromatic N) is 2. The largest absolute Gasteiger partial charge is 0.456 e. The van der Waals surface area contributed by atoms with E-state index in [-0.39, 0.29) is 0 Å². The van der Waals surface area contributed by atoms with Crippen LogP contribution < -0.4 is 0 Å². The first-order valence-corrected chi connectivity index (χ1v) is 18.0. The van der Waals surface area contributed by atoms with Crippen molar-refractivity contribution in [2.24, 2.45) is 0 Å². The van der Waals surface area contributed by atoms with E-state index in [1.807, 2.05) is 12.1 Å². The average molecular weight is 667 g/mol. The molecule has 4 heterocycles. The Morgan fingerprint density at radius 3 is 1.83 bits per heavy atom. The minimum Gasteiger partial charge on any atom is -0.456 e. The van der Waals surface area contributed by atoms with Crippen LogP contribution in [0.3, 0.4) is 0 Å². The predicted molar refractivity (Wildman–Crippen MR) is 215 cm³/mol. The molecule has 0 saturated heterocycles. The van der Waals surface area contributed by atoms with Gasteiger partial charge in [0.05, 0.1) is 22.1 Å². The van der Waals surface area contributed by atoms with E-state index in [9.17, 15) is 0 Å². The first-order chi connectivity index (χ1) is 25.8. The highest BCUT2D eigenvalue weighted by Gasteiger charge is 2.21. The average Bonchev–Trinajstić information content (AvgIpc) is 3.93. The highest BCUT2D eigenvalue weighted by atomic mass is 16.3. The van der Waals surface area contributed by atoms with Gasteiger partial charge in [-0.1, -0.05) is 78.9 Å². The van der Waals surface area contributed by atoms with Gasteiger partial charge in [0.1, 0.15) is 22.5 Å². The molecule has 52 heavy (non-hydrogen) atoms. The van der Waals surface area contributed by atoms with Crippen molar-refractivity contribution in [1.82, 2.24) is 9.13 Å². The SMILES string of the molecule is C1=Cc2oc3cc4c(cc3c2CC1)c1cc(-c2ccc3c5cc6c(cc5n(-c5ccccc5)c3c2)oc2ccccc26)ccc1n4-c1ccccc1. The monoisotopic (exact) mass is 666 g/mol. The van der Waals surface area contributed by atoms with E-state index in [1.54, 1.807) is 0 Å². The summed E-state index contributed by atoms with van der Waals surface area (Å²) < 4.78 is 17.6. The third kappa shape index (κ3) is 3.86. The van der Waals surface area contributed by atoms with E-state index in [0.717, 1.165) is 68.5 Å². The number of hydrogen-bond donors (Lipinski definition) is 0. The zero-order valence-corrected chi connectivity index (χ0v) is 28.1. The standard InChI is InChI=1S/C48H30N2O2/c1-3-11-31(12-4-1)49-41-22-20-29(23-36(41)38-26-40-35-16-8-10-18-46(35)52-48(40)28-44(38)49)30-19-21-33-37-25-39-34-15-7-9-17-45(34)51-47(39)27-43(37)50(42(33)24-30)32-13-5-2-6-14-32/h1-7,9-15,17-28H,8,16H2. The van der Waals surface area contributed by atoms with Crippen LogP contribution in [0.1, 0.15) is 17.7 Å². The van der Waals surface area contributed by atoms with Gasteiger partial charge in [-0.3, -0.25) is 0 Å². The van der Waals surface area contributed by atoms with Crippen molar-refractivity contribution in [2.75, 3.05) is 0 Å². The van der Waals surface area contributed by atoms with Gasteiger partial charge in [-0.2, -0.15) is 0 Å². The molecule has 0 bridgehead atoms. The number of furan rings is 2. The van der Waals surface area contributed by atoms with E-state index in [0.29, 0.717) is 0 Å². The van der Waals surface area contributed by atoms with Crippen LogP contribution in [0, 0.1) is 0 Å². The predicted octanol–water partition coefficient (Wildman–Crippen LogP) is 13.2. The van der Waals surface area contributed by atoms with Crippen LogP contribution >= 0.6 is 0 Å². The molecule has 0 fully saturated rings. The molecule has 12 rings (SSSR count). The molecule has 0 amide bonds. The zero-order valence-electron chi connectivity index (χ0n) is 28.1. The van der Waals surface area contributed by atoms with Crippen LogP contribution in [-0.2, 0) is 6.42 Å². The molecule has 11 aromatic rings. The van der Waals surface area contributed by atoms with Gasteiger partial charge in [-0.15, -0.1) is 0 Å². The minimum absolute atomic E-state index is 0.901. The summed E-state index contributed by atoms with van der Waals surface area (Å²) in [5, 5.41) is 8.41. The van der Waals surface area contributed by atoms with E-state index in [1.165, 1.54) is 54.7 Å². The summed E-state index contributed by atoms with van der Waals surface area (Å²) in [6, 6.07) is 52.6. The molecule has 1 aliphatic rings.